The third-order valence-corrected chi connectivity index (χ3v) is 3.55. The number of ether oxygens (including phenoxy) is 2. The quantitative estimate of drug-likeness (QED) is 0.636. The van der Waals surface area contributed by atoms with Gasteiger partial charge in [0.05, 0.1) is 30.1 Å². The summed E-state index contributed by atoms with van der Waals surface area (Å²) in [5.74, 6) is 0.803. The minimum Gasteiger partial charge on any atom is -0.496 e. The van der Waals surface area contributed by atoms with Gasteiger partial charge in [-0.05, 0) is 42.8 Å². The Morgan fingerprint density at radius 1 is 1.18 bits per heavy atom. The van der Waals surface area contributed by atoms with Crippen LogP contribution in [0.25, 0.3) is 0 Å². The van der Waals surface area contributed by atoms with Gasteiger partial charge in [0.2, 0.25) is 0 Å². The van der Waals surface area contributed by atoms with Crippen LogP contribution in [0, 0.1) is 0 Å². The van der Waals surface area contributed by atoms with Crippen LogP contribution >= 0.6 is 11.6 Å². The second-order valence-electron chi connectivity index (χ2n) is 4.75. The van der Waals surface area contributed by atoms with Crippen LogP contribution in [0.15, 0.2) is 47.6 Å². The molecular weight excluding hydrogens is 300 g/mol. The summed E-state index contributed by atoms with van der Waals surface area (Å²) in [6, 6.07) is 13.4. The molecular formula is C17H19ClN2O2. The van der Waals surface area contributed by atoms with E-state index in [9.17, 15) is 0 Å². The van der Waals surface area contributed by atoms with Gasteiger partial charge in [0.1, 0.15) is 5.75 Å². The third-order valence-electron chi connectivity index (χ3n) is 3.22. The summed E-state index contributed by atoms with van der Waals surface area (Å²) in [6.07, 6.45) is 0. The summed E-state index contributed by atoms with van der Waals surface area (Å²) in [5, 5.41) is 5.02. The van der Waals surface area contributed by atoms with Crippen LogP contribution in [0.5, 0.6) is 5.75 Å². The van der Waals surface area contributed by atoms with E-state index in [4.69, 9.17) is 21.1 Å². The number of methoxy groups -OCH3 is 2. The Balaban J connectivity index is 2.21. The Morgan fingerprint density at radius 2 is 1.95 bits per heavy atom. The zero-order chi connectivity index (χ0) is 15.9. The topological polar surface area (TPSA) is 42.8 Å². The fourth-order valence-electron chi connectivity index (χ4n) is 2.03. The summed E-state index contributed by atoms with van der Waals surface area (Å²) >= 11 is 6.09. The zero-order valence-corrected chi connectivity index (χ0v) is 13.6. The number of hydrogen-bond donors (Lipinski definition) is 1. The van der Waals surface area contributed by atoms with Gasteiger partial charge in [-0.15, -0.1) is 0 Å². The average Bonchev–Trinajstić information content (AvgIpc) is 2.54. The fraction of sp³-hybridized carbons (Fsp3) is 0.235. The maximum Gasteiger partial charge on any atom is 0.124 e. The summed E-state index contributed by atoms with van der Waals surface area (Å²) < 4.78 is 10.5. The molecule has 0 aliphatic carbocycles. The molecule has 0 heterocycles. The van der Waals surface area contributed by atoms with Crippen molar-refractivity contribution >= 4 is 23.0 Å². The molecule has 0 bridgehead atoms. The SMILES string of the molecule is COCc1cc(/C(C)=N\Nc2ccccc2Cl)ccc1OC. The highest BCUT2D eigenvalue weighted by molar-refractivity contribution is 6.33. The fourth-order valence-corrected chi connectivity index (χ4v) is 2.21. The summed E-state index contributed by atoms with van der Waals surface area (Å²) in [7, 11) is 3.31. The van der Waals surface area contributed by atoms with E-state index < -0.39 is 0 Å². The molecule has 0 saturated heterocycles. The lowest BCUT2D eigenvalue weighted by Crippen LogP contribution is -2.02. The first kappa shape index (κ1) is 16.3. The standard InChI is InChI=1S/C17H19ClN2O2/c1-12(19-20-16-7-5-4-6-15(16)18)13-8-9-17(22-3)14(10-13)11-21-2/h4-10,20H,11H2,1-3H3/b19-12-. The normalized spacial score (nSPS) is 11.4. The molecule has 2 rings (SSSR count). The highest BCUT2D eigenvalue weighted by atomic mass is 35.5. The van der Waals surface area contributed by atoms with Crippen molar-refractivity contribution in [2.75, 3.05) is 19.6 Å². The summed E-state index contributed by atoms with van der Waals surface area (Å²) in [4.78, 5) is 0. The van der Waals surface area contributed by atoms with E-state index in [0.29, 0.717) is 11.6 Å². The van der Waals surface area contributed by atoms with Crippen LogP contribution in [0.1, 0.15) is 18.1 Å². The molecule has 0 aromatic heterocycles. The molecule has 0 aliphatic rings. The van der Waals surface area contributed by atoms with E-state index in [-0.39, 0.29) is 0 Å². The van der Waals surface area contributed by atoms with Crippen molar-refractivity contribution in [1.82, 2.24) is 0 Å². The van der Waals surface area contributed by atoms with Crippen molar-refractivity contribution < 1.29 is 9.47 Å². The first-order chi connectivity index (χ1) is 10.7. The first-order valence-corrected chi connectivity index (χ1v) is 7.24. The molecule has 0 fully saturated rings. The van der Waals surface area contributed by atoms with Crippen molar-refractivity contribution in [1.29, 1.82) is 0 Å². The van der Waals surface area contributed by atoms with Crippen molar-refractivity contribution in [2.45, 2.75) is 13.5 Å². The monoisotopic (exact) mass is 318 g/mol. The molecule has 0 radical (unpaired) electrons. The Hall–Kier alpha value is -2.04. The lowest BCUT2D eigenvalue weighted by molar-refractivity contribution is 0.181. The van der Waals surface area contributed by atoms with Crippen molar-refractivity contribution in [3.8, 4) is 5.75 Å². The first-order valence-electron chi connectivity index (χ1n) is 6.86. The largest absolute Gasteiger partial charge is 0.496 e. The molecule has 1 N–H and O–H groups in total. The van der Waals surface area contributed by atoms with Gasteiger partial charge in [-0.25, -0.2) is 0 Å². The molecule has 0 amide bonds. The Labute approximate surface area is 135 Å². The molecule has 22 heavy (non-hydrogen) atoms. The molecule has 2 aromatic rings. The summed E-state index contributed by atoms with van der Waals surface area (Å²) in [5.41, 5.74) is 6.58. The number of hydrogen-bond acceptors (Lipinski definition) is 4. The van der Waals surface area contributed by atoms with Crippen LogP contribution in [-0.4, -0.2) is 19.9 Å². The molecule has 4 nitrogen and oxygen atoms in total. The second kappa shape index (κ2) is 7.82. The van der Waals surface area contributed by atoms with Crippen LogP contribution in [0.3, 0.4) is 0 Å². The Morgan fingerprint density at radius 3 is 2.64 bits per heavy atom. The number of para-hydroxylation sites is 1. The molecule has 0 unspecified atom stereocenters. The minimum absolute atomic E-state index is 0.488. The number of halogens is 1. The van der Waals surface area contributed by atoms with E-state index in [0.717, 1.165) is 28.3 Å². The lowest BCUT2D eigenvalue weighted by Gasteiger charge is -2.10. The average molecular weight is 319 g/mol. The molecule has 0 atom stereocenters. The molecule has 0 aliphatic heterocycles. The molecule has 5 heteroatoms. The van der Waals surface area contributed by atoms with E-state index in [1.54, 1.807) is 14.2 Å². The predicted octanol–water partition coefficient (Wildman–Crippen LogP) is 4.33. The van der Waals surface area contributed by atoms with Gasteiger partial charge in [0, 0.05) is 12.7 Å². The molecule has 0 saturated carbocycles. The maximum atomic E-state index is 6.09. The Kier molecular flexibility index (Phi) is 5.81. The predicted molar refractivity (Wildman–Crippen MR) is 91.0 cm³/mol. The number of benzene rings is 2. The number of anilines is 1. The van der Waals surface area contributed by atoms with Crippen molar-refractivity contribution in [3.05, 3.63) is 58.6 Å². The zero-order valence-electron chi connectivity index (χ0n) is 12.9. The minimum atomic E-state index is 0.488. The van der Waals surface area contributed by atoms with E-state index in [1.807, 2.05) is 49.4 Å². The van der Waals surface area contributed by atoms with E-state index in [2.05, 4.69) is 10.5 Å². The lowest BCUT2D eigenvalue weighted by atomic mass is 10.1. The number of hydrazone groups is 1. The smallest absolute Gasteiger partial charge is 0.124 e. The summed E-state index contributed by atoms with van der Waals surface area (Å²) in [6.45, 7) is 2.42. The van der Waals surface area contributed by atoms with Crippen molar-refractivity contribution in [3.63, 3.8) is 0 Å². The van der Waals surface area contributed by atoms with Gasteiger partial charge in [-0.1, -0.05) is 23.7 Å². The number of nitrogens with zero attached hydrogens (tertiary/aromatic N) is 1. The van der Waals surface area contributed by atoms with Gasteiger partial charge in [-0.2, -0.15) is 5.10 Å². The third kappa shape index (κ3) is 4.00. The molecule has 116 valence electrons. The van der Waals surface area contributed by atoms with Gasteiger partial charge in [0.15, 0.2) is 0 Å². The number of rotatable bonds is 6. The van der Waals surface area contributed by atoms with Gasteiger partial charge in [0.25, 0.3) is 0 Å². The Bertz CT molecular complexity index is 671. The van der Waals surface area contributed by atoms with Crippen LogP contribution < -0.4 is 10.2 Å². The van der Waals surface area contributed by atoms with Crippen LogP contribution in [0.4, 0.5) is 5.69 Å². The number of nitrogens with one attached hydrogen (secondary N) is 1. The highest BCUT2D eigenvalue weighted by Crippen LogP contribution is 2.22. The highest BCUT2D eigenvalue weighted by Gasteiger charge is 2.06. The van der Waals surface area contributed by atoms with Gasteiger partial charge >= 0.3 is 0 Å². The maximum absolute atomic E-state index is 6.09. The molecule has 2 aromatic carbocycles. The molecule has 0 spiro atoms. The van der Waals surface area contributed by atoms with Gasteiger partial charge in [-0.3, -0.25) is 5.43 Å². The van der Waals surface area contributed by atoms with E-state index >= 15 is 0 Å². The van der Waals surface area contributed by atoms with E-state index in [1.165, 1.54) is 0 Å². The van der Waals surface area contributed by atoms with Gasteiger partial charge < -0.3 is 9.47 Å². The second-order valence-corrected chi connectivity index (χ2v) is 5.16. The van der Waals surface area contributed by atoms with Crippen LogP contribution in [-0.2, 0) is 11.3 Å². The van der Waals surface area contributed by atoms with Crippen molar-refractivity contribution in [2.24, 2.45) is 5.10 Å². The van der Waals surface area contributed by atoms with Crippen LogP contribution in [0.2, 0.25) is 5.02 Å².